The van der Waals surface area contributed by atoms with Gasteiger partial charge in [-0.1, -0.05) is 48.5 Å². The van der Waals surface area contributed by atoms with Crippen LogP contribution in [0.25, 0.3) is 6.08 Å². The number of carbonyl (C=O) groups is 1. The number of ketones is 1. The van der Waals surface area contributed by atoms with Crippen LogP contribution in [0.15, 0.2) is 72.5 Å². The van der Waals surface area contributed by atoms with Crippen molar-refractivity contribution >= 4 is 11.9 Å². The maximum absolute atomic E-state index is 12.7. The molecule has 1 heterocycles. The molecule has 140 valence electrons. The molecule has 0 atom stereocenters. The van der Waals surface area contributed by atoms with E-state index in [1.165, 1.54) is 0 Å². The first-order valence-electron chi connectivity index (χ1n) is 9.04. The Bertz CT molecular complexity index is 1050. The molecule has 4 rings (SSSR count). The molecule has 0 saturated heterocycles. The number of allylic oxidation sites excluding steroid dienone is 1. The van der Waals surface area contributed by atoms with Crippen molar-refractivity contribution < 1.29 is 19.0 Å². The Balaban J connectivity index is 1.57. The maximum Gasteiger partial charge on any atom is 0.232 e. The molecule has 1 aliphatic rings. The topological polar surface area (TPSA) is 44.8 Å². The lowest BCUT2D eigenvalue weighted by Gasteiger charge is -2.11. The van der Waals surface area contributed by atoms with E-state index in [9.17, 15) is 4.79 Å². The first-order chi connectivity index (χ1) is 13.7. The van der Waals surface area contributed by atoms with Gasteiger partial charge in [-0.25, -0.2) is 0 Å². The fourth-order valence-electron chi connectivity index (χ4n) is 3.24. The summed E-state index contributed by atoms with van der Waals surface area (Å²) in [5.41, 5.74) is 3.29. The third-order valence-electron chi connectivity index (χ3n) is 4.63. The van der Waals surface area contributed by atoms with Gasteiger partial charge in [0.15, 0.2) is 5.76 Å². The van der Waals surface area contributed by atoms with E-state index < -0.39 is 0 Å². The summed E-state index contributed by atoms with van der Waals surface area (Å²) in [6, 6.07) is 21.0. The normalized spacial score (nSPS) is 13.9. The van der Waals surface area contributed by atoms with E-state index in [0.717, 1.165) is 22.4 Å². The quantitative estimate of drug-likeness (QED) is 0.578. The van der Waals surface area contributed by atoms with E-state index in [1.54, 1.807) is 19.3 Å². The Hall–Kier alpha value is -3.53. The van der Waals surface area contributed by atoms with E-state index in [0.29, 0.717) is 29.4 Å². The molecule has 0 aromatic heterocycles. The van der Waals surface area contributed by atoms with E-state index in [4.69, 9.17) is 14.2 Å². The standard InChI is InChI=1S/C24H20O4/c1-16-12-19(27-15-18-10-6-7-11-20(18)26-2)14-21-23(16)24(25)22(28-21)13-17-8-4-3-5-9-17/h3-14H,15H2,1-2H3/b22-13-. The highest BCUT2D eigenvalue weighted by atomic mass is 16.5. The number of ether oxygens (including phenoxy) is 3. The van der Waals surface area contributed by atoms with Crippen molar-refractivity contribution in [3.63, 3.8) is 0 Å². The summed E-state index contributed by atoms with van der Waals surface area (Å²) >= 11 is 0. The van der Waals surface area contributed by atoms with Crippen LogP contribution in [0.4, 0.5) is 0 Å². The second-order valence-corrected chi connectivity index (χ2v) is 6.56. The molecule has 0 N–H and O–H groups in total. The Morgan fingerprint density at radius 3 is 2.54 bits per heavy atom. The molecule has 3 aromatic rings. The molecule has 0 saturated carbocycles. The zero-order valence-corrected chi connectivity index (χ0v) is 15.8. The van der Waals surface area contributed by atoms with E-state index >= 15 is 0 Å². The number of methoxy groups -OCH3 is 1. The lowest BCUT2D eigenvalue weighted by molar-refractivity contribution is 0.101. The number of Topliss-reactive ketones (excluding diaryl/α,β-unsaturated/α-hetero) is 1. The minimum absolute atomic E-state index is 0.104. The van der Waals surface area contributed by atoms with Gasteiger partial charge in [-0.3, -0.25) is 4.79 Å². The summed E-state index contributed by atoms with van der Waals surface area (Å²) in [5.74, 6) is 2.18. The van der Waals surface area contributed by atoms with Crippen molar-refractivity contribution in [2.45, 2.75) is 13.5 Å². The number of carbonyl (C=O) groups excluding carboxylic acids is 1. The van der Waals surface area contributed by atoms with Gasteiger partial charge < -0.3 is 14.2 Å². The second kappa shape index (κ2) is 7.61. The number of hydrogen-bond acceptors (Lipinski definition) is 4. The number of rotatable bonds is 5. The SMILES string of the molecule is COc1ccccc1COc1cc(C)c2c(c1)O/C(=C\c1ccccc1)C2=O. The van der Waals surface area contributed by atoms with Crippen LogP contribution in [-0.2, 0) is 6.61 Å². The minimum Gasteiger partial charge on any atom is -0.496 e. The van der Waals surface area contributed by atoms with Crippen LogP contribution in [0.1, 0.15) is 27.0 Å². The van der Waals surface area contributed by atoms with Crippen molar-refractivity contribution in [1.82, 2.24) is 0 Å². The monoisotopic (exact) mass is 372 g/mol. The fourth-order valence-corrected chi connectivity index (χ4v) is 3.24. The second-order valence-electron chi connectivity index (χ2n) is 6.56. The van der Waals surface area contributed by atoms with Crippen LogP contribution in [-0.4, -0.2) is 12.9 Å². The molecular weight excluding hydrogens is 352 g/mol. The van der Waals surface area contributed by atoms with Gasteiger partial charge in [-0.05, 0) is 36.3 Å². The van der Waals surface area contributed by atoms with Gasteiger partial charge >= 0.3 is 0 Å². The molecule has 0 spiro atoms. The number of para-hydroxylation sites is 1. The lowest BCUT2D eigenvalue weighted by Crippen LogP contribution is -2.00. The molecule has 0 radical (unpaired) electrons. The smallest absolute Gasteiger partial charge is 0.232 e. The average molecular weight is 372 g/mol. The number of aryl methyl sites for hydroxylation is 1. The number of hydrogen-bond donors (Lipinski definition) is 0. The van der Waals surface area contributed by atoms with Crippen LogP contribution in [0, 0.1) is 6.92 Å². The van der Waals surface area contributed by atoms with E-state index in [-0.39, 0.29) is 5.78 Å². The van der Waals surface area contributed by atoms with Gasteiger partial charge in [0.2, 0.25) is 5.78 Å². The molecule has 4 heteroatoms. The summed E-state index contributed by atoms with van der Waals surface area (Å²) in [6.07, 6.45) is 1.76. The van der Waals surface area contributed by atoms with Gasteiger partial charge in [0.25, 0.3) is 0 Å². The largest absolute Gasteiger partial charge is 0.496 e. The molecule has 0 fully saturated rings. The Morgan fingerprint density at radius 2 is 1.75 bits per heavy atom. The van der Waals surface area contributed by atoms with Crippen molar-refractivity contribution in [1.29, 1.82) is 0 Å². The van der Waals surface area contributed by atoms with Crippen molar-refractivity contribution in [2.75, 3.05) is 7.11 Å². The third-order valence-corrected chi connectivity index (χ3v) is 4.63. The fraction of sp³-hybridized carbons (Fsp3) is 0.125. The molecule has 0 aliphatic carbocycles. The lowest BCUT2D eigenvalue weighted by atomic mass is 10.0. The molecule has 3 aromatic carbocycles. The molecule has 28 heavy (non-hydrogen) atoms. The van der Waals surface area contributed by atoms with Crippen molar-refractivity contribution in [3.05, 3.63) is 94.7 Å². The molecule has 1 aliphatic heterocycles. The summed E-state index contributed by atoms with van der Waals surface area (Å²) in [7, 11) is 1.64. The highest BCUT2D eigenvalue weighted by Gasteiger charge is 2.30. The maximum atomic E-state index is 12.7. The first-order valence-corrected chi connectivity index (χ1v) is 9.04. The van der Waals surface area contributed by atoms with Gasteiger partial charge in [0.05, 0.1) is 12.7 Å². The summed E-state index contributed by atoms with van der Waals surface area (Å²) in [5, 5.41) is 0. The first kappa shape index (κ1) is 17.9. The zero-order valence-electron chi connectivity index (χ0n) is 15.8. The Morgan fingerprint density at radius 1 is 1.00 bits per heavy atom. The summed E-state index contributed by atoms with van der Waals surface area (Å²) < 4.78 is 17.1. The molecule has 0 amide bonds. The Labute approximate surface area is 164 Å². The molecule has 0 bridgehead atoms. The molecular formula is C24H20O4. The van der Waals surface area contributed by atoms with Gasteiger partial charge in [0, 0.05) is 11.6 Å². The molecule has 0 unspecified atom stereocenters. The summed E-state index contributed by atoms with van der Waals surface area (Å²) in [4.78, 5) is 12.7. The van der Waals surface area contributed by atoms with Crippen LogP contribution < -0.4 is 14.2 Å². The summed E-state index contributed by atoms with van der Waals surface area (Å²) in [6.45, 7) is 2.25. The van der Waals surface area contributed by atoms with Crippen LogP contribution in [0.3, 0.4) is 0 Å². The number of benzene rings is 3. The van der Waals surface area contributed by atoms with Crippen LogP contribution in [0.2, 0.25) is 0 Å². The van der Waals surface area contributed by atoms with Crippen molar-refractivity contribution in [3.8, 4) is 17.2 Å². The Kier molecular flexibility index (Phi) is 4.85. The zero-order chi connectivity index (χ0) is 19.5. The van der Waals surface area contributed by atoms with E-state index in [2.05, 4.69) is 0 Å². The molecule has 4 nitrogen and oxygen atoms in total. The highest BCUT2D eigenvalue weighted by Crippen LogP contribution is 2.37. The van der Waals surface area contributed by atoms with Crippen LogP contribution in [0.5, 0.6) is 17.2 Å². The highest BCUT2D eigenvalue weighted by molar-refractivity contribution is 6.15. The predicted molar refractivity (Wildman–Crippen MR) is 108 cm³/mol. The average Bonchev–Trinajstić information content (AvgIpc) is 3.03. The van der Waals surface area contributed by atoms with Crippen molar-refractivity contribution in [2.24, 2.45) is 0 Å². The predicted octanol–water partition coefficient (Wildman–Crippen LogP) is 5.20. The third kappa shape index (κ3) is 3.49. The minimum atomic E-state index is -0.104. The van der Waals surface area contributed by atoms with Gasteiger partial charge in [0.1, 0.15) is 23.9 Å². The number of fused-ring (bicyclic) bond motifs is 1. The van der Waals surface area contributed by atoms with E-state index in [1.807, 2.05) is 67.6 Å². The van der Waals surface area contributed by atoms with Gasteiger partial charge in [-0.15, -0.1) is 0 Å². The van der Waals surface area contributed by atoms with Gasteiger partial charge in [-0.2, -0.15) is 0 Å². The van der Waals surface area contributed by atoms with Crippen LogP contribution >= 0.6 is 0 Å².